The Morgan fingerprint density at radius 2 is 1.89 bits per heavy atom. The standard InChI is InChI=1S/C22H30N4O.ClH/c1-3-23-15-17-11-13-25(14-12-17)22(27)21-19-5-4-6-20(19)26(24-21)18-9-7-16(2)8-10-18;/h7-10,17,23H,3-6,11-15H2,1-2H3;1H. The zero-order valence-electron chi connectivity index (χ0n) is 16.9. The Kier molecular flexibility index (Phi) is 6.78. The first-order valence-electron chi connectivity index (χ1n) is 10.3. The average molecular weight is 403 g/mol. The minimum absolute atomic E-state index is 0. The molecule has 4 rings (SSSR count). The number of carbonyl (C=O) groups is 1. The number of rotatable bonds is 5. The van der Waals surface area contributed by atoms with Gasteiger partial charge in [0.25, 0.3) is 5.91 Å². The first-order chi connectivity index (χ1) is 13.2. The Hall–Kier alpha value is -1.85. The highest BCUT2D eigenvalue weighted by molar-refractivity contribution is 5.94. The highest BCUT2D eigenvalue weighted by atomic mass is 35.5. The van der Waals surface area contributed by atoms with Crippen molar-refractivity contribution in [3.8, 4) is 5.69 Å². The quantitative estimate of drug-likeness (QED) is 0.831. The van der Waals surface area contributed by atoms with Gasteiger partial charge in [-0.15, -0.1) is 12.4 Å². The molecule has 0 spiro atoms. The van der Waals surface area contributed by atoms with Gasteiger partial charge in [-0.1, -0.05) is 24.6 Å². The van der Waals surface area contributed by atoms with E-state index >= 15 is 0 Å². The normalized spacial score (nSPS) is 16.7. The second kappa shape index (κ2) is 9.10. The molecule has 28 heavy (non-hydrogen) atoms. The Balaban J connectivity index is 0.00000225. The lowest BCUT2D eigenvalue weighted by Crippen LogP contribution is -2.41. The molecule has 1 aliphatic carbocycles. The van der Waals surface area contributed by atoms with E-state index in [1.165, 1.54) is 16.8 Å². The van der Waals surface area contributed by atoms with E-state index < -0.39 is 0 Å². The fourth-order valence-electron chi connectivity index (χ4n) is 4.35. The summed E-state index contributed by atoms with van der Waals surface area (Å²) in [4.78, 5) is 15.2. The van der Waals surface area contributed by atoms with Crippen LogP contribution in [0, 0.1) is 12.8 Å². The summed E-state index contributed by atoms with van der Waals surface area (Å²) in [5.74, 6) is 0.811. The molecule has 0 atom stereocenters. The zero-order chi connectivity index (χ0) is 18.8. The molecule has 1 fully saturated rings. The summed E-state index contributed by atoms with van der Waals surface area (Å²) in [6.07, 6.45) is 5.26. The van der Waals surface area contributed by atoms with Crippen LogP contribution in [0.25, 0.3) is 5.69 Å². The van der Waals surface area contributed by atoms with Gasteiger partial charge in [-0.05, 0) is 70.2 Å². The minimum Gasteiger partial charge on any atom is -0.337 e. The molecule has 2 aromatic rings. The van der Waals surface area contributed by atoms with Crippen molar-refractivity contribution in [1.29, 1.82) is 0 Å². The lowest BCUT2D eigenvalue weighted by atomic mass is 9.96. The Labute approximate surface area is 173 Å². The predicted molar refractivity (Wildman–Crippen MR) is 115 cm³/mol. The smallest absolute Gasteiger partial charge is 0.274 e. The second-order valence-electron chi connectivity index (χ2n) is 7.92. The third kappa shape index (κ3) is 4.11. The number of carbonyl (C=O) groups excluding carboxylic acids is 1. The average Bonchev–Trinajstić information content (AvgIpc) is 3.30. The molecule has 1 N–H and O–H groups in total. The number of hydrogen-bond donors (Lipinski definition) is 1. The Morgan fingerprint density at radius 3 is 2.57 bits per heavy atom. The van der Waals surface area contributed by atoms with E-state index in [1.54, 1.807) is 0 Å². The molecule has 1 aliphatic heterocycles. The molecule has 1 aromatic carbocycles. The van der Waals surface area contributed by atoms with Gasteiger partial charge in [0.1, 0.15) is 0 Å². The van der Waals surface area contributed by atoms with Crippen LogP contribution in [-0.2, 0) is 12.8 Å². The second-order valence-corrected chi connectivity index (χ2v) is 7.92. The van der Waals surface area contributed by atoms with E-state index in [9.17, 15) is 4.79 Å². The molecule has 1 saturated heterocycles. The van der Waals surface area contributed by atoms with Crippen LogP contribution in [0.2, 0.25) is 0 Å². The molecule has 1 aromatic heterocycles. The van der Waals surface area contributed by atoms with E-state index in [0.717, 1.165) is 64.0 Å². The van der Waals surface area contributed by atoms with Crippen LogP contribution in [0.5, 0.6) is 0 Å². The monoisotopic (exact) mass is 402 g/mol. The van der Waals surface area contributed by atoms with Gasteiger partial charge in [-0.2, -0.15) is 5.10 Å². The number of aryl methyl sites for hydroxylation is 1. The molecule has 6 heteroatoms. The Bertz CT molecular complexity index is 807. The van der Waals surface area contributed by atoms with Crippen molar-refractivity contribution in [3.63, 3.8) is 0 Å². The number of benzene rings is 1. The van der Waals surface area contributed by atoms with Gasteiger partial charge < -0.3 is 10.2 Å². The van der Waals surface area contributed by atoms with Crippen molar-refractivity contribution in [1.82, 2.24) is 20.0 Å². The van der Waals surface area contributed by atoms with Crippen molar-refractivity contribution < 1.29 is 4.79 Å². The molecule has 0 saturated carbocycles. The summed E-state index contributed by atoms with van der Waals surface area (Å²) in [6, 6.07) is 8.41. The molecule has 0 radical (unpaired) electrons. The molecule has 1 amide bonds. The van der Waals surface area contributed by atoms with Crippen LogP contribution in [0.15, 0.2) is 24.3 Å². The number of piperidine rings is 1. The molecule has 0 bridgehead atoms. The maximum atomic E-state index is 13.2. The molecule has 0 unspecified atom stereocenters. The molecule has 5 nitrogen and oxygen atoms in total. The topological polar surface area (TPSA) is 50.2 Å². The van der Waals surface area contributed by atoms with E-state index in [0.29, 0.717) is 11.6 Å². The van der Waals surface area contributed by atoms with E-state index in [2.05, 4.69) is 43.4 Å². The van der Waals surface area contributed by atoms with Gasteiger partial charge in [0.15, 0.2) is 5.69 Å². The zero-order valence-corrected chi connectivity index (χ0v) is 17.7. The summed E-state index contributed by atoms with van der Waals surface area (Å²) in [5.41, 5.74) is 5.38. The summed E-state index contributed by atoms with van der Waals surface area (Å²) in [7, 11) is 0. The van der Waals surface area contributed by atoms with E-state index in [-0.39, 0.29) is 18.3 Å². The SMILES string of the molecule is CCNCC1CCN(C(=O)c2nn(-c3ccc(C)cc3)c3c2CCC3)CC1.Cl. The van der Waals surface area contributed by atoms with Crippen molar-refractivity contribution in [2.24, 2.45) is 5.92 Å². The van der Waals surface area contributed by atoms with Crippen LogP contribution in [0.3, 0.4) is 0 Å². The summed E-state index contributed by atoms with van der Waals surface area (Å²) < 4.78 is 2.01. The first-order valence-corrected chi connectivity index (χ1v) is 10.3. The van der Waals surface area contributed by atoms with Crippen molar-refractivity contribution in [3.05, 3.63) is 46.8 Å². The van der Waals surface area contributed by atoms with Gasteiger partial charge in [0.05, 0.1) is 5.69 Å². The van der Waals surface area contributed by atoms with Crippen LogP contribution in [-0.4, -0.2) is 46.8 Å². The number of nitrogens with one attached hydrogen (secondary N) is 1. The summed E-state index contributed by atoms with van der Waals surface area (Å²) in [5, 5.41) is 8.22. The highest BCUT2D eigenvalue weighted by Crippen LogP contribution is 2.29. The van der Waals surface area contributed by atoms with Crippen LogP contribution in [0.4, 0.5) is 0 Å². The summed E-state index contributed by atoms with van der Waals surface area (Å²) >= 11 is 0. The van der Waals surface area contributed by atoms with Crippen LogP contribution < -0.4 is 5.32 Å². The largest absolute Gasteiger partial charge is 0.337 e. The molecular weight excluding hydrogens is 372 g/mol. The van der Waals surface area contributed by atoms with Crippen molar-refractivity contribution in [2.45, 2.75) is 46.0 Å². The lowest BCUT2D eigenvalue weighted by Gasteiger charge is -2.31. The third-order valence-corrected chi connectivity index (χ3v) is 6.00. The van der Waals surface area contributed by atoms with Gasteiger partial charge >= 0.3 is 0 Å². The molecular formula is C22H31ClN4O. The maximum absolute atomic E-state index is 13.2. The number of hydrogen-bond acceptors (Lipinski definition) is 3. The van der Waals surface area contributed by atoms with Crippen LogP contribution in [0.1, 0.15) is 53.5 Å². The van der Waals surface area contributed by atoms with Crippen molar-refractivity contribution in [2.75, 3.05) is 26.2 Å². The van der Waals surface area contributed by atoms with E-state index in [4.69, 9.17) is 5.10 Å². The fraction of sp³-hybridized carbons (Fsp3) is 0.545. The number of fused-ring (bicyclic) bond motifs is 1. The molecule has 152 valence electrons. The first kappa shape index (κ1) is 20.9. The number of nitrogens with zero attached hydrogens (tertiary/aromatic N) is 3. The summed E-state index contributed by atoms with van der Waals surface area (Å²) in [6.45, 7) is 8.01. The number of likely N-dealkylation sites (tertiary alicyclic amines) is 1. The van der Waals surface area contributed by atoms with Gasteiger partial charge in [0, 0.05) is 24.3 Å². The number of aromatic nitrogens is 2. The lowest BCUT2D eigenvalue weighted by molar-refractivity contribution is 0.0683. The number of amides is 1. The molecule has 2 aliphatic rings. The van der Waals surface area contributed by atoms with E-state index in [1.807, 2.05) is 9.58 Å². The predicted octanol–water partition coefficient (Wildman–Crippen LogP) is 3.55. The van der Waals surface area contributed by atoms with Gasteiger partial charge in [-0.3, -0.25) is 4.79 Å². The van der Waals surface area contributed by atoms with Gasteiger partial charge in [-0.25, -0.2) is 4.68 Å². The Morgan fingerprint density at radius 1 is 1.18 bits per heavy atom. The van der Waals surface area contributed by atoms with Gasteiger partial charge in [0.2, 0.25) is 0 Å². The third-order valence-electron chi connectivity index (χ3n) is 6.00. The molecule has 2 heterocycles. The van der Waals surface area contributed by atoms with Crippen LogP contribution >= 0.6 is 12.4 Å². The fourth-order valence-corrected chi connectivity index (χ4v) is 4.35. The minimum atomic E-state index is 0. The number of halogens is 1. The van der Waals surface area contributed by atoms with Crippen molar-refractivity contribution >= 4 is 18.3 Å². The highest BCUT2D eigenvalue weighted by Gasteiger charge is 2.31. The maximum Gasteiger partial charge on any atom is 0.274 e.